The summed E-state index contributed by atoms with van der Waals surface area (Å²) in [6.45, 7) is 1.77. The van der Waals surface area contributed by atoms with Crippen molar-refractivity contribution in [3.8, 4) is 0 Å². The summed E-state index contributed by atoms with van der Waals surface area (Å²) in [6.07, 6.45) is 0.384. The average Bonchev–Trinajstić information content (AvgIpc) is 2.96. The van der Waals surface area contributed by atoms with Crippen molar-refractivity contribution >= 4 is 44.2 Å². The normalized spacial score (nSPS) is 10.6. The molecule has 2 amide bonds. The number of benzene rings is 2. The molecule has 3 rings (SSSR count). The number of rotatable bonds is 4. The Morgan fingerprint density at radius 3 is 2.58 bits per heavy atom. The largest absolute Gasteiger partial charge is 0.322 e. The van der Waals surface area contributed by atoms with Crippen LogP contribution in [0.2, 0.25) is 0 Å². The van der Waals surface area contributed by atoms with Crippen LogP contribution < -0.4 is 10.6 Å². The molecule has 0 aliphatic heterocycles. The minimum absolute atomic E-state index is 0.0982. The summed E-state index contributed by atoms with van der Waals surface area (Å²) in [5.41, 5.74) is 1.72. The Kier molecular flexibility index (Phi) is 4.52. The molecule has 7 heteroatoms. The topological polar surface area (TPSA) is 71.1 Å². The van der Waals surface area contributed by atoms with Gasteiger partial charge in [-0.1, -0.05) is 18.3 Å². The van der Waals surface area contributed by atoms with E-state index in [-0.39, 0.29) is 17.6 Å². The van der Waals surface area contributed by atoms with Crippen molar-refractivity contribution in [1.29, 1.82) is 0 Å². The van der Waals surface area contributed by atoms with Crippen molar-refractivity contribution in [2.45, 2.75) is 13.3 Å². The lowest BCUT2D eigenvalue weighted by Crippen LogP contribution is -2.11. The van der Waals surface area contributed by atoms with Crippen molar-refractivity contribution in [1.82, 2.24) is 4.98 Å². The number of hydrogen-bond acceptors (Lipinski definition) is 4. The number of carbonyl (C=O) groups excluding carboxylic acids is 2. The van der Waals surface area contributed by atoms with Gasteiger partial charge in [-0.25, -0.2) is 9.37 Å². The van der Waals surface area contributed by atoms with Gasteiger partial charge >= 0.3 is 0 Å². The highest BCUT2D eigenvalue weighted by molar-refractivity contribution is 7.22. The molecule has 0 saturated carbocycles. The highest BCUT2D eigenvalue weighted by Gasteiger charge is 2.10. The Bertz CT molecular complexity index is 906. The van der Waals surface area contributed by atoms with Gasteiger partial charge in [-0.05, 0) is 42.5 Å². The Morgan fingerprint density at radius 2 is 1.88 bits per heavy atom. The minimum atomic E-state index is -0.390. The van der Waals surface area contributed by atoms with Crippen molar-refractivity contribution in [2.75, 3.05) is 10.6 Å². The van der Waals surface area contributed by atoms with Crippen LogP contribution in [-0.4, -0.2) is 16.8 Å². The summed E-state index contributed by atoms with van der Waals surface area (Å²) >= 11 is 1.34. The van der Waals surface area contributed by atoms with Crippen molar-refractivity contribution in [3.63, 3.8) is 0 Å². The third kappa shape index (κ3) is 3.57. The van der Waals surface area contributed by atoms with E-state index in [1.54, 1.807) is 25.1 Å². The molecule has 0 radical (unpaired) electrons. The molecule has 2 aromatic carbocycles. The number of amides is 2. The fourth-order valence-corrected chi connectivity index (χ4v) is 2.99. The zero-order chi connectivity index (χ0) is 17.1. The minimum Gasteiger partial charge on any atom is -0.322 e. The quantitative estimate of drug-likeness (QED) is 0.751. The standard InChI is InChI=1S/C17H14FN3O2S/c1-2-15(22)21-17-20-13-8-7-12(9-14(13)24-17)19-16(23)10-3-5-11(18)6-4-10/h3-9H,2H2,1H3,(H,19,23)(H,20,21,22). The Morgan fingerprint density at radius 1 is 1.12 bits per heavy atom. The average molecular weight is 343 g/mol. The van der Waals surface area contributed by atoms with Gasteiger partial charge in [0, 0.05) is 17.7 Å². The van der Waals surface area contributed by atoms with Gasteiger partial charge in [-0.2, -0.15) is 0 Å². The summed E-state index contributed by atoms with van der Waals surface area (Å²) in [7, 11) is 0. The van der Waals surface area contributed by atoms with Crippen molar-refractivity contribution < 1.29 is 14.0 Å². The molecule has 0 saturated heterocycles. The molecule has 0 unspecified atom stereocenters. The monoisotopic (exact) mass is 343 g/mol. The molecule has 5 nitrogen and oxygen atoms in total. The second kappa shape index (κ2) is 6.76. The van der Waals surface area contributed by atoms with Crippen molar-refractivity contribution in [3.05, 3.63) is 53.8 Å². The number of nitrogens with one attached hydrogen (secondary N) is 2. The van der Waals surface area contributed by atoms with Crippen LogP contribution in [0.25, 0.3) is 10.2 Å². The lowest BCUT2D eigenvalue weighted by Gasteiger charge is -2.05. The second-order valence-corrected chi connectivity index (χ2v) is 6.09. The third-order valence-corrected chi connectivity index (χ3v) is 4.25. The van der Waals surface area contributed by atoms with Gasteiger partial charge in [-0.15, -0.1) is 0 Å². The molecular formula is C17H14FN3O2S. The van der Waals surface area contributed by atoms with Gasteiger partial charge in [-0.3, -0.25) is 9.59 Å². The molecule has 0 spiro atoms. The van der Waals surface area contributed by atoms with E-state index < -0.39 is 0 Å². The van der Waals surface area contributed by atoms with Crippen LogP contribution in [0.4, 0.5) is 15.2 Å². The zero-order valence-electron chi connectivity index (χ0n) is 12.8. The van der Waals surface area contributed by atoms with Crippen LogP contribution in [0.5, 0.6) is 0 Å². The van der Waals surface area contributed by atoms with E-state index in [0.717, 1.165) is 10.2 Å². The van der Waals surface area contributed by atoms with E-state index in [1.807, 2.05) is 0 Å². The molecule has 0 aliphatic rings. The summed E-state index contributed by atoms with van der Waals surface area (Å²) in [5, 5.41) is 6.01. The van der Waals surface area contributed by atoms with Crippen LogP contribution in [-0.2, 0) is 4.79 Å². The maximum atomic E-state index is 12.9. The number of fused-ring (bicyclic) bond motifs is 1. The Hall–Kier alpha value is -2.80. The van der Waals surface area contributed by atoms with Gasteiger partial charge in [0.1, 0.15) is 5.82 Å². The molecule has 0 aliphatic carbocycles. The van der Waals surface area contributed by atoms with E-state index in [0.29, 0.717) is 22.8 Å². The second-order valence-electron chi connectivity index (χ2n) is 5.06. The number of thiazole rings is 1. The smallest absolute Gasteiger partial charge is 0.255 e. The number of carbonyl (C=O) groups is 2. The SMILES string of the molecule is CCC(=O)Nc1nc2ccc(NC(=O)c3ccc(F)cc3)cc2s1. The fourth-order valence-electron chi connectivity index (χ4n) is 2.07. The number of nitrogens with zero attached hydrogens (tertiary/aromatic N) is 1. The maximum Gasteiger partial charge on any atom is 0.255 e. The maximum absolute atomic E-state index is 12.9. The molecule has 24 heavy (non-hydrogen) atoms. The molecule has 1 heterocycles. The molecule has 122 valence electrons. The lowest BCUT2D eigenvalue weighted by atomic mass is 10.2. The Labute approximate surface area is 141 Å². The highest BCUT2D eigenvalue weighted by Crippen LogP contribution is 2.28. The zero-order valence-corrected chi connectivity index (χ0v) is 13.6. The van der Waals surface area contributed by atoms with Gasteiger partial charge < -0.3 is 10.6 Å². The van der Waals surface area contributed by atoms with Gasteiger partial charge in [0.25, 0.3) is 5.91 Å². The summed E-state index contributed by atoms with van der Waals surface area (Å²) in [4.78, 5) is 27.9. The molecule has 0 atom stereocenters. The number of halogens is 1. The summed E-state index contributed by atoms with van der Waals surface area (Å²) in [6, 6.07) is 10.6. The van der Waals surface area contributed by atoms with Crippen molar-refractivity contribution in [2.24, 2.45) is 0 Å². The number of anilines is 2. The molecule has 0 fully saturated rings. The van der Waals surface area contributed by atoms with E-state index >= 15 is 0 Å². The van der Waals surface area contributed by atoms with E-state index in [4.69, 9.17) is 0 Å². The van der Waals surface area contributed by atoms with Gasteiger partial charge in [0.2, 0.25) is 5.91 Å². The first-order valence-corrected chi connectivity index (χ1v) is 8.14. The first-order valence-electron chi connectivity index (χ1n) is 7.32. The molecule has 0 bridgehead atoms. The first-order chi connectivity index (χ1) is 11.5. The van der Waals surface area contributed by atoms with E-state index in [9.17, 15) is 14.0 Å². The molecule has 1 aromatic heterocycles. The number of hydrogen-bond donors (Lipinski definition) is 2. The van der Waals surface area contributed by atoms with Crippen LogP contribution in [0.3, 0.4) is 0 Å². The third-order valence-electron chi connectivity index (χ3n) is 3.32. The lowest BCUT2D eigenvalue weighted by molar-refractivity contribution is -0.115. The molecule has 2 N–H and O–H groups in total. The Balaban J connectivity index is 1.78. The highest BCUT2D eigenvalue weighted by atomic mass is 32.1. The van der Waals surface area contributed by atoms with Crippen LogP contribution in [0.15, 0.2) is 42.5 Å². The predicted molar refractivity (Wildman–Crippen MR) is 92.9 cm³/mol. The summed E-state index contributed by atoms with van der Waals surface area (Å²) in [5.74, 6) is -0.809. The molecule has 3 aromatic rings. The molecular weight excluding hydrogens is 329 g/mol. The predicted octanol–water partition coefficient (Wildman–Crippen LogP) is 4.04. The van der Waals surface area contributed by atoms with Crippen LogP contribution >= 0.6 is 11.3 Å². The first kappa shape index (κ1) is 16.1. The fraction of sp³-hybridized carbons (Fsp3) is 0.118. The van der Waals surface area contributed by atoms with Crippen LogP contribution in [0.1, 0.15) is 23.7 Å². The summed E-state index contributed by atoms with van der Waals surface area (Å²) < 4.78 is 13.7. The van der Waals surface area contributed by atoms with Crippen LogP contribution in [0, 0.1) is 5.82 Å². The number of aromatic nitrogens is 1. The van der Waals surface area contributed by atoms with Gasteiger partial charge in [0.05, 0.1) is 10.2 Å². The van der Waals surface area contributed by atoms with E-state index in [1.165, 1.54) is 35.6 Å². The van der Waals surface area contributed by atoms with E-state index in [2.05, 4.69) is 15.6 Å². The van der Waals surface area contributed by atoms with Gasteiger partial charge in [0.15, 0.2) is 5.13 Å².